The van der Waals surface area contributed by atoms with E-state index in [1.165, 1.54) is 44.6 Å². The molecule has 2 N–H and O–H groups in total. The monoisotopic (exact) mass is 335 g/mol. The summed E-state index contributed by atoms with van der Waals surface area (Å²) in [5, 5.41) is 17.0. The standard InChI is InChI=1S/C17H25N3O4/c1-11-6-4-5-7-14(11)18-12(2)17(21)19-15-9-8-13(20(22)23)10-16(15)24-3/h8-12,14,18H,4-7H2,1-3H3,(H,19,21)/t11-,12+,14+/m1/s1. The number of hydrogen-bond acceptors (Lipinski definition) is 5. The van der Waals surface area contributed by atoms with E-state index >= 15 is 0 Å². The molecule has 1 aromatic carbocycles. The van der Waals surface area contributed by atoms with E-state index in [-0.39, 0.29) is 23.4 Å². The van der Waals surface area contributed by atoms with E-state index in [0.29, 0.717) is 17.6 Å². The molecule has 0 spiro atoms. The molecule has 1 fully saturated rings. The first-order valence-electron chi connectivity index (χ1n) is 8.31. The van der Waals surface area contributed by atoms with Crippen LogP contribution >= 0.6 is 0 Å². The molecule has 1 saturated carbocycles. The van der Waals surface area contributed by atoms with E-state index in [1.807, 2.05) is 6.92 Å². The van der Waals surface area contributed by atoms with Gasteiger partial charge in [-0.25, -0.2) is 0 Å². The number of amides is 1. The number of methoxy groups -OCH3 is 1. The van der Waals surface area contributed by atoms with Gasteiger partial charge in [-0.1, -0.05) is 19.8 Å². The lowest BCUT2D eigenvalue weighted by Crippen LogP contribution is -2.47. The zero-order valence-electron chi connectivity index (χ0n) is 14.4. The van der Waals surface area contributed by atoms with Crippen LogP contribution in [0, 0.1) is 16.0 Å². The zero-order valence-corrected chi connectivity index (χ0v) is 14.4. The fourth-order valence-electron chi connectivity index (χ4n) is 3.10. The summed E-state index contributed by atoms with van der Waals surface area (Å²) in [6, 6.07) is 4.13. The Morgan fingerprint density at radius 3 is 2.71 bits per heavy atom. The number of carbonyl (C=O) groups is 1. The van der Waals surface area contributed by atoms with Gasteiger partial charge in [0.25, 0.3) is 5.69 Å². The number of carbonyl (C=O) groups excluding carboxylic acids is 1. The molecule has 0 bridgehead atoms. The van der Waals surface area contributed by atoms with Crippen molar-refractivity contribution in [1.29, 1.82) is 0 Å². The number of nitrogens with one attached hydrogen (secondary N) is 2. The van der Waals surface area contributed by atoms with Crippen LogP contribution in [0.5, 0.6) is 5.75 Å². The average Bonchev–Trinajstić information content (AvgIpc) is 2.56. The third-order valence-electron chi connectivity index (χ3n) is 4.62. The predicted octanol–water partition coefficient (Wildman–Crippen LogP) is 3.10. The van der Waals surface area contributed by atoms with Gasteiger partial charge in [-0.15, -0.1) is 0 Å². The maximum atomic E-state index is 12.4. The van der Waals surface area contributed by atoms with Gasteiger partial charge in [0.1, 0.15) is 5.75 Å². The van der Waals surface area contributed by atoms with Crippen molar-refractivity contribution in [2.45, 2.75) is 51.6 Å². The van der Waals surface area contributed by atoms with E-state index in [4.69, 9.17) is 4.74 Å². The van der Waals surface area contributed by atoms with E-state index < -0.39 is 4.92 Å². The molecule has 0 aliphatic heterocycles. The van der Waals surface area contributed by atoms with Crippen LogP contribution in [0.15, 0.2) is 18.2 Å². The predicted molar refractivity (Wildman–Crippen MR) is 92.3 cm³/mol. The van der Waals surface area contributed by atoms with Crippen molar-refractivity contribution in [3.8, 4) is 5.75 Å². The summed E-state index contributed by atoms with van der Waals surface area (Å²) in [5.74, 6) is 0.652. The zero-order chi connectivity index (χ0) is 17.7. The number of benzene rings is 1. The Bertz CT molecular complexity index is 605. The maximum Gasteiger partial charge on any atom is 0.273 e. The van der Waals surface area contributed by atoms with Crippen LogP contribution in [0.25, 0.3) is 0 Å². The average molecular weight is 335 g/mol. The van der Waals surface area contributed by atoms with E-state index in [0.717, 1.165) is 6.42 Å². The summed E-state index contributed by atoms with van der Waals surface area (Å²) in [6.07, 6.45) is 4.70. The second-order valence-corrected chi connectivity index (χ2v) is 6.39. The minimum absolute atomic E-state index is 0.0768. The molecule has 0 radical (unpaired) electrons. The number of nitro benzene ring substituents is 1. The molecule has 2 rings (SSSR count). The Kier molecular flexibility index (Phi) is 6.14. The smallest absolute Gasteiger partial charge is 0.273 e. The SMILES string of the molecule is COc1cc([N+](=O)[O-])ccc1NC(=O)[C@H](C)N[C@H]1CCCC[C@H]1C. The van der Waals surface area contributed by atoms with Gasteiger partial charge in [0, 0.05) is 12.1 Å². The van der Waals surface area contributed by atoms with Crippen molar-refractivity contribution >= 4 is 17.3 Å². The van der Waals surface area contributed by atoms with Gasteiger partial charge in [-0.3, -0.25) is 14.9 Å². The van der Waals surface area contributed by atoms with Crippen molar-refractivity contribution in [2.24, 2.45) is 5.92 Å². The highest BCUT2D eigenvalue weighted by molar-refractivity contribution is 5.96. The highest BCUT2D eigenvalue weighted by atomic mass is 16.6. The summed E-state index contributed by atoms with van der Waals surface area (Å²) in [6.45, 7) is 4.04. The largest absolute Gasteiger partial charge is 0.494 e. The number of anilines is 1. The van der Waals surface area contributed by atoms with Crippen LogP contribution in [0.1, 0.15) is 39.5 Å². The summed E-state index contributed by atoms with van der Waals surface area (Å²) in [5.41, 5.74) is 0.352. The lowest BCUT2D eigenvalue weighted by Gasteiger charge is -2.31. The Balaban J connectivity index is 2.01. The van der Waals surface area contributed by atoms with Crippen LogP contribution < -0.4 is 15.4 Å². The van der Waals surface area contributed by atoms with Gasteiger partial charge >= 0.3 is 0 Å². The second-order valence-electron chi connectivity index (χ2n) is 6.39. The van der Waals surface area contributed by atoms with E-state index in [9.17, 15) is 14.9 Å². The van der Waals surface area contributed by atoms with Crippen LogP contribution in [0.2, 0.25) is 0 Å². The van der Waals surface area contributed by atoms with Crippen molar-refractivity contribution in [2.75, 3.05) is 12.4 Å². The normalized spacial score (nSPS) is 21.8. The van der Waals surface area contributed by atoms with E-state index in [2.05, 4.69) is 17.6 Å². The molecule has 0 saturated heterocycles. The number of hydrogen-bond donors (Lipinski definition) is 2. The molecule has 1 aromatic rings. The molecule has 7 nitrogen and oxygen atoms in total. The minimum atomic E-state index is -0.497. The Labute approximate surface area is 141 Å². The van der Waals surface area contributed by atoms with Crippen molar-refractivity contribution in [3.63, 3.8) is 0 Å². The van der Waals surface area contributed by atoms with Gasteiger partial charge in [-0.2, -0.15) is 0 Å². The molecule has 0 unspecified atom stereocenters. The van der Waals surface area contributed by atoms with Gasteiger partial charge in [-0.05, 0) is 31.7 Å². The highest BCUT2D eigenvalue weighted by Crippen LogP contribution is 2.29. The molecule has 24 heavy (non-hydrogen) atoms. The van der Waals surface area contributed by atoms with Gasteiger partial charge in [0.15, 0.2) is 0 Å². The summed E-state index contributed by atoms with van der Waals surface area (Å²) < 4.78 is 5.14. The summed E-state index contributed by atoms with van der Waals surface area (Å²) in [7, 11) is 1.42. The molecule has 0 aromatic heterocycles. The van der Waals surface area contributed by atoms with Crippen molar-refractivity contribution < 1.29 is 14.5 Å². The minimum Gasteiger partial charge on any atom is -0.494 e. The first-order chi connectivity index (χ1) is 11.4. The Hall–Kier alpha value is -2.15. The molecule has 7 heteroatoms. The number of nitro groups is 1. The molecule has 1 aliphatic carbocycles. The number of rotatable bonds is 6. The molecular formula is C17H25N3O4. The Morgan fingerprint density at radius 2 is 2.08 bits per heavy atom. The number of nitrogens with zero attached hydrogens (tertiary/aromatic N) is 1. The topological polar surface area (TPSA) is 93.5 Å². The molecule has 1 aliphatic rings. The van der Waals surface area contributed by atoms with Crippen molar-refractivity contribution in [1.82, 2.24) is 5.32 Å². The van der Waals surface area contributed by atoms with Crippen LogP contribution in [0.3, 0.4) is 0 Å². The van der Waals surface area contributed by atoms with Crippen LogP contribution in [-0.2, 0) is 4.79 Å². The fraction of sp³-hybridized carbons (Fsp3) is 0.588. The second kappa shape index (κ2) is 8.10. The Morgan fingerprint density at radius 1 is 1.38 bits per heavy atom. The van der Waals surface area contributed by atoms with Gasteiger partial charge < -0.3 is 15.4 Å². The lowest BCUT2D eigenvalue weighted by molar-refractivity contribution is -0.384. The maximum absolute atomic E-state index is 12.4. The fourth-order valence-corrected chi connectivity index (χ4v) is 3.10. The third kappa shape index (κ3) is 4.44. The van der Waals surface area contributed by atoms with Gasteiger partial charge in [0.05, 0.1) is 29.8 Å². The lowest BCUT2D eigenvalue weighted by atomic mass is 9.85. The third-order valence-corrected chi connectivity index (χ3v) is 4.62. The molecule has 0 heterocycles. The van der Waals surface area contributed by atoms with Crippen LogP contribution in [-0.4, -0.2) is 30.0 Å². The molecule has 3 atom stereocenters. The molecule has 1 amide bonds. The number of ether oxygens (including phenoxy) is 1. The quantitative estimate of drug-likeness (QED) is 0.615. The first-order valence-corrected chi connectivity index (χ1v) is 8.31. The summed E-state index contributed by atoms with van der Waals surface area (Å²) >= 11 is 0. The van der Waals surface area contributed by atoms with E-state index in [1.54, 1.807) is 0 Å². The van der Waals surface area contributed by atoms with Crippen LogP contribution in [0.4, 0.5) is 11.4 Å². The number of non-ortho nitro benzene ring substituents is 1. The highest BCUT2D eigenvalue weighted by Gasteiger charge is 2.25. The van der Waals surface area contributed by atoms with Gasteiger partial charge in [0.2, 0.25) is 5.91 Å². The molecule has 132 valence electrons. The molecular weight excluding hydrogens is 310 g/mol. The summed E-state index contributed by atoms with van der Waals surface area (Å²) in [4.78, 5) is 22.7. The van der Waals surface area contributed by atoms with Crippen molar-refractivity contribution in [3.05, 3.63) is 28.3 Å². The first kappa shape index (κ1) is 18.2.